The van der Waals surface area contributed by atoms with Gasteiger partial charge in [0, 0.05) is 0 Å². The van der Waals surface area contributed by atoms with E-state index in [1.54, 1.807) is 0 Å². The van der Waals surface area contributed by atoms with Crippen LogP contribution in [0, 0.1) is 0 Å². The maximum Gasteiger partial charge on any atom is 0.115 e. The third kappa shape index (κ3) is 1.67. The Morgan fingerprint density at radius 1 is 0.882 bits per heavy atom. The third-order valence-electron chi connectivity index (χ3n) is 3.70. The molecule has 0 spiro atoms. The second-order valence-corrected chi connectivity index (χ2v) is 4.74. The summed E-state index contributed by atoms with van der Waals surface area (Å²) in [4.78, 5) is 0. The molecular weight excluding hydrogens is 208 g/mol. The van der Waals surface area contributed by atoms with Crippen LogP contribution in [-0.2, 0) is 12.0 Å². The molecule has 17 heavy (non-hydrogen) atoms. The molecule has 0 unspecified atom stereocenters. The summed E-state index contributed by atoms with van der Waals surface area (Å²) in [6.07, 6.45) is 2.93. The molecule has 0 radical (unpaired) electrons. The van der Waals surface area contributed by atoms with E-state index in [-0.39, 0.29) is 0 Å². The van der Waals surface area contributed by atoms with Gasteiger partial charge in [0.15, 0.2) is 0 Å². The Bertz CT molecular complexity index is 518. The van der Waals surface area contributed by atoms with Crippen LogP contribution in [0.25, 0.3) is 0 Å². The van der Waals surface area contributed by atoms with Gasteiger partial charge in [-0.05, 0) is 36.0 Å². The Balaban J connectivity index is 2.16. The quantitative estimate of drug-likeness (QED) is 0.788. The summed E-state index contributed by atoms with van der Waals surface area (Å²) >= 11 is 0. The van der Waals surface area contributed by atoms with Crippen LogP contribution >= 0.6 is 0 Å². The molecule has 1 atom stereocenters. The Kier molecular flexibility index (Phi) is 2.49. The number of benzene rings is 2. The van der Waals surface area contributed by atoms with E-state index < -0.39 is 5.60 Å². The van der Waals surface area contributed by atoms with E-state index in [1.165, 1.54) is 5.56 Å². The minimum absolute atomic E-state index is 0.796. The summed E-state index contributed by atoms with van der Waals surface area (Å²) in [6, 6.07) is 18.2. The van der Waals surface area contributed by atoms with Gasteiger partial charge in [-0.3, -0.25) is 0 Å². The van der Waals surface area contributed by atoms with Gasteiger partial charge in [-0.15, -0.1) is 0 Å². The minimum atomic E-state index is -0.796. The lowest BCUT2D eigenvalue weighted by molar-refractivity contribution is 0.0616. The SMILES string of the molecule is O[C@]1(c2ccccc2)CCCc2ccccc21. The Hall–Kier alpha value is -1.60. The molecule has 0 heterocycles. The molecule has 0 saturated carbocycles. The molecule has 2 aromatic rings. The zero-order chi connectivity index (χ0) is 11.7. The summed E-state index contributed by atoms with van der Waals surface area (Å²) in [5.74, 6) is 0. The molecule has 0 amide bonds. The standard InChI is InChI=1S/C16H16O/c17-16(14-9-2-1-3-10-14)12-6-8-13-7-4-5-11-15(13)16/h1-5,7,9-11,17H,6,8,12H2/t16-/m0/s1. The van der Waals surface area contributed by atoms with Gasteiger partial charge in [0.2, 0.25) is 0 Å². The first kappa shape index (κ1) is 10.5. The minimum Gasteiger partial charge on any atom is -0.380 e. The molecule has 0 aromatic heterocycles. The fourth-order valence-electron chi connectivity index (χ4n) is 2.82. The third-order valence-corrected chi connectivity index (χ3v) is 3.70. The predicted octanol–water partition coefficient (Wildman–Crippen LogP) is 3.26. The van der Waals surface area contributed by atoms with Gasteiger partial charge in [-0.1, -0.05) is 54.6 Å². The zero-order valence-corrected chi connectivity index (χ0v) is 9.76. The summed E-state index contributed by atoms with van der Waals surface area (Å²) in [7, 11) is 0. The highest BCUT2D eigenvalue weighted by atomic mass is 16.3. The lowest BCUT2D eigenvalue weighted by Crippen LogP contribution is -2.31. The summed E-state index contributed by atoms with van der Waals surface area (Å²) in [5, 5.41) is 11.0. The van der Waals surface area contributed by atoms with Crippen LogP contribution in [0.15, 0.2) is 54.6 Å². The number of fused-ring (bicyclic) bond motifs is 1. The highest BCUT2D eigenvalue weighted by Gasteiger charge is 2.35. The topological polar surface area (TPSA) is 20.2 Å². The largest absolute Gasteiger partial charge is 0.380 e. The first-order chi connectivity index (χ1) is 8.31. The number of rotatable bonds is 1. The van der Waals surface area contributed by atoms with E-state index in [0.29, 0.717) is 0 Å². The molecule has 1 nitrogen and oxygen atoms in total. The lowest BCUT2D eigenvalue weighted by atomic mass is 9.75. The molecule has 0 fully saturated rings. The molecular formula is C16H16O. The fraction of sp³-hybridized carbons (Fsp3) is 0.250. The Morgan fingerprint density at radius 2 is 1.59 bits per heavy atom. The number of aliphatic hydroxyl groups is 1. The average Bonchev–Trinajstić information content (AvgIpc) is 2.40. The van der Waals surface area contributed by atoms with Gasteiger partial charge in [-0.2, -0.15) is 0 Å². The highest BCUT2D eigenvalue weighted by molar-refractivity contribution is 5.42. The highest BCUT2D eigenvalue weighted by Crippen LogP contribution is 2.40. The lowest BCUT2D eigenvalue weighted by Gasteiger charge is -2.35. The van der Waals surface area contributed by atoms with Crippen LogP contribution in [0.2, 0.25) is 0 Å². The maximum atomic E-state index is 11.0. The molecule has 1 heteroatoms. The van der Waals surface area contributed by atoms with Crippen LogP contribution in [-0.4, -0.2) is 5.11 Å². The molecule has 0 bridgehead atoms. The summed E-state index contributed by atoms with van der Waals surface area (Å²) in [5.41, 5.74) is 2.57. The number of hydrogen-bond acceptors (Lipinski definition) is 1. The van der Waals surface area contributed by atoms with Crippen LogP contribution in [0.1, 0.15) is 29.5 Å². The van der Waals surface area contributed by atoms with Gasteiger partial charge >= 0.3 is 0 Å². The predicted molar refractivity (Wildman–Crippen MR) is 68.8 cm³/mol. The van der Waals surface area contributed by atoms with Crippen molar-refractivity contribution in [1.82, 2.24) is 0 Å². The van der Waals surface area contributed by atoms with Crippen LogP contribution in [0.3, 0.4) is 0 Å². The van der Waals surface area contributed by atoms with Crippen molar-refractivity contribution in [1.29, 1.82) is 0 Å². The molecule has 1 aliphatic rings. The smallest absolute Gasteiger partial charge is 0.115 e. The molecule has 0 saturated heterocycles. The Morgan fingerprint density at radius 3 is 2.41 bits per heavy atom. The first-order valence-electron chi connectivity index (χ1n) is 6.17. The fourth-order valence-corrected chi connectivity index (χ4v) is 2.82. The van der Waals surface area contributed by atoms with Crippen molar-refractivity contribution in [3.05, 3.63) is 71.3 Å². The van der Waals surface area contributed by atoms with Crippen molar-refractivity contribution in [3.63, 3.8) is 0 Å². The van der Waals surface area contributed by atoms with Gasteiger partial charge in [0.25, 0.3) is 0 Å². The van der Waals surface area contributed by atoms with Crippen LogP contribution in [0.4, 0.5) is 0 Å². The number of aryl methyl sites for hydroxylation is 1. The zero-order valence-electron chi connectivity index (χ0n) is 9.76. The van der Waals surface area contributed by atoms with E-state index in [0.717, 1.165) is 30.4 Å². The molecule has 1 N–H and O–H groups in total. The van der Waals surface area contributed by atoms with Gasteiger partial charge in [0.1, 0.15) is 5.60 Å². The molecule has 2 aromatic carbocycles. The van der Waals surface area contributed by atoms with Crippen molar-refractivity contribution < 1.29 is 5.11 Å². The maximum absolute atomic E-state index is 11.0. The van der Waals surface area contributed by atoms with Crippen LogP contribution in [0.5, 0.6) is 0 Å². The van der Waals surface area contributed by atoms with Gasteiger partial charge in [-0.25, -0.2) is 0 Å². The van der Waals surface area contributed by atoms with Crippen molar-refractivity contribution in [2.75, 3.05) is 0 Å². The van der Waals surface area contributed by atoms with E-state index >= 15 is 0 Å². The first-order valence-corrected chi connectivity index (χ1v) is 6.17. The van der Waals surface area contributed by atoms with Crippen molar-refractivity contribution in [3.8, 4) is 0 Å². The van der Waals surface area contributed by atoms with Crippen molar-refractivity contribution in [2.45, 2.75) is 24.9 Å². The summed E-state index contributed by atoms with van der Waals surface area (Å²) < 4.78 is 0. The average molecular weight is 224 g/mol. The number of hydrogen-bond donors (Lipinski definition) is 1. The van der Waals surface area contributed by atoms with E-state index in [9.17, 15) is 5.11 Å². The van der Waals surface area contributed by atoms with Gasteiger partial charge in [0.05, 0.1) is 0 Å². The van der Waals surface area contributed by atoms with Gasteiger partial charge < -0.3 is 5.11 Å². The molecule has 86 valence electrons. The molecule has 1 aliphatic carbocycles. The molecule has 3 rings (SSSR count). The van der Waals surface area contributed by atoms with E-state index in [1.807, 2.05) is 36.4 Å². The van der Waals surface area contributed by atoms with E-state index in [4.69, 9.17) is 0 Å². The van der Waals surface area contributed by atoms with E-state index in [2.05, 4.69) is 18.2 Å². The normalized spacial score (nSPS) is 23.1. The van der Waals surface area contributed by atoms with Crippen molar-refractivity contribution >= 4 is 0 Å². The molecule has 0 aliphatic heterocycles. The second-order valence-electron chi connectivity index (χ2n) is 4.74. The van der Waals surface area contributed by atoms with Crippen molar-refractivity contribution in [2.24, 2.45) is 0 Å². The Labute approximate surface area is 102 Å². The van der Waals surface area contributed by atoms with Crippen LogP contribution < -0.4 is 0 Å². The second kappa shape index (κ2) is 4.01. The summed E-state index contributed by atoms with van der Waals surface area (Å²) in [6.45, 7) is 0. The monoisotopic (exact) mass is 224 g/mol.